The van der Waals surface area contributed by atoms with Crippen LogP contribution in [0.2, 0.25) is 0 Å². The molecular formula is C21H22F3N3O. The molecule has 1 N–H and O–H groups in total. The third kappa shape index (κ3) is 4.08. The van der Waals surface area contributed by atoms with Crippen molar-refractivity contribution in [2.75, 3.05) is 5.32 Å². The smallest absolute Gasteiger partial charge is 0.406 e. The minimum atomic E-state index is -4.69. The van der Waals surface area contributed by atoms with Crippen molar-refractivity contribution >= 4 is 22.7 Å². The Morgan fingerprint density at radius 1 is 1.07 bits per heavy atom. The van der Waals surface area contributed by atoms with Crippen LogP contribution in [0.15, 0.2) is 48.5 Å². The maximum Gasteiger partial charge on any atom is 0.573 e. The summed E-state index contributed by atoms with van der Waals surface area (Å²) in [5, 5.41) is 3.28. The molecule has 1 aromatic heterocycles. The van der Waals surface area contributed by atoms with Gasteiger partial charge in [0.25, 0.3) is 0 Å². The summed E-state index contributed by atoms with van der Waals surface area (Å²) in [7, 11) is 0. The van der Waals surface area contributed by atoms with Crippen LogP contribution in [0.25, 0.3) is 11.0 Å². The molecular weight excluding hydrogens is 367 g/mol. The van der Waals surface area contributed by atoms with Crippen LogP contribution in [0.3, 0.4) is 0 Å². The number of aromatic nitrogens is 2. The standard InChI is InChI=1S/C21H22F3N3O/c1-14-5-4-6-16(13-14)27-19-8-3-2-7-18(19)26-20(27)25-15-9-11-17(12-10-15)28-21(22,23)24/h2-3,7-12,14,16H,4-6,13H2,1H3,(H,25,26)/t14-,16?/m0/s1. The van der Waals surface area contributed by atoms with Crippen molar-refractivity contribution in [2.45, 2.75) is 45.0 Å². The molecule has 28 heavy (non-hydrogen) atoms. The van der Waals surface area contributed by atoms with Crippen LogP contribution in [-0.4, -0.2) is 15.9 Å². The Morgan fingerprint density at radius 2 is 1.82 bits per heavy atom. The molecule has 1 saturated carbocycles. The Bertz CT molecular complexity index is 950. The highest BCUT2D eigenvalue weighted by atomic mass is 19.4. The Balaban J connectivity index is 1.64. The van der Waals surface area contributed by atoms with Gasteiger partial charge in [-0.2, -0.15) is 0 Å². The van der Waals surface area contributed by atoms with Crippen LogP contribution >= 0.6 is 0 Å². The minimum Gasteiger partial charge on any atom is -0.406 e. The Kier molecular flexibility index (Phi) is 4.91. The molecule has 0 amide bonds. The van der Waals surface area contributed by atoms with Crippen molar-refractivity contribution in [3.63, 3.8) is 0 Å². The number of alkyl halides is 3. The van der Waals surface area contributed by atoms with Crippen LogP contribution in [0.5, 0.6) is 5.75 Å². The number of rotatable bonds is 4. The van der Waals surface area contributed by atoms with E-state index in [9.17, 15) is 13.2 Å². The van der Waals surface area contributed by atoms with E-state index in [1.54, 1.807) is 12.1 Å². The van der Waals surface area contributed by atoms with Crippen molar-refractivity contribution in [2.24, 2.45) is 5.92 Å². The lowest BCUT2D eigenvalue weighted by molar-refractivity contribution is -0.274. The van der Waals surface area contributed by atoms with E-state index < -0.39 is 6.36 Å². The molecule has 1 unspecified atom stereocenters. The largest absolute Gasteiger partial charge is 0.573 e. The van der Waals surface area contributed by atoms with Gasteiger partial charge in [0.2, 0.25) is 5.95 Å². The van der Waals surface area contributed by atoms with Gasteiger partial charge in [0.1, 0.15) is 5.75 Å². The number of anilines is 2. The fourth-order valence-corrected chi connectivity index (χ4v) is 4.01. The molecule has 0 spiro atoms. The van der Waals surface area contributed by atoms with Gasteiger partial charge in [0.05, 0.1) is 11.0 Å². The van der Waals surface area contributed by atoms with E-state index in [0.29, 0.717) is 23.6 Å². The van der Waals surface area contributed by atoms with Gasteiger partial charge in [0.15, 0.2) is 0 Å². The predicted molar refractivity (Wildman–Crippen MR) is 103 cm³/mol. The maximum atomic E-state index is 12.3. The molecule has 0 bridgehead atoms. The van der Waals surface area contributed by atoms with Crippen LogP contribution in [-0.2, 0) is 0 Å². The molecule has 3 aromatic rings. The number of benzene rings is 2. The molecule has 4 nitrogen and oxygen atoms in total. The third-order valence-electron chi connectivity index (χ3n) is 5.21. The van der Waals surface area contributed by atoms with Crippen LogP contribution < -0.4 is 10.1 Å². The lowest BCUT2D eigenvalue weighted by atomic mass is 9.87. The average molecular weight is 389 g/mol. The molecule has 1 aliphatic carbocycles. The van der Waals surface area contributed by atoms with Crippen molar-refractivity contribution in [3.05, 3.63) is 48.5 Å². The average Bonchev–Trinajstić information content (AvgIpc) is 3.00. The first kappa shape index (κ1) is 18.7. The van der Waals surface area contributed by atoms with Crippen molar-refractivity contribution in [3.8, 4) is 5.75 Å². The van der Waals surface area contributed by atoms with E-state index in [2.05, 4.69) is 27.6 Å². The number of hydrogen-bond acceptors (Lipinski definition) is 3. The minimum absolute atomic E-state index is 0.243. The molecule has 2 atom stereocenters. The summed E-state index contributed by atoms with van der Waals surface area (Å²) in [5.41, 5.74) is 2.64. The molecule has 0 aliphatic heterocycles. The zero-order valence-electron chi connectivity index (χ0n) is 15.5. The van der Waals surface area contributed by atoms with Crippen LogP contribution in [0, 0.1) is 5.92 Å². The van der Waals surface area contributed by atoms with E-state index in [0.717, 1.165) is 23.9 Å². The number of imidazole rings is 1. The van der Waals surface area contributed by atoms with Gasteiger partial charge in [-0.05, 0) is 55.2 Å². The predicted octanol–water partition coefficient (Wildman–Crippen LogP) is 6.43. The quantitative estimate of drug-likeness (QED) is 0.559. The molecule has 0 radical (unpaired) electrons. The van der Waals surface area contributed by atoms with Gasteiger partial charge >= 0.3 is 6.36 Å². The van der Waals surface area contributed by atoms with Crippen molar-refractivity contribution in [1.82, 2.24) is 9.55 Å². The molecule has 1 aliphatic rings. The molecule has 7 heteroatoms. The molecule has 1 fully saturated rings. The first-order valence-corrected chi connectivity index (χ1v) is 9.49. The number of hydrogen-bond donors (Lipinski definition) is 1. The number of fused-ring (bicyclic) bond motifs is 1. The zero-order chi connectivity index (χ0) is 19.7. The highest BCUT2D eigenvalue weighted by Gasteiger charge is 2.31. The fourth-order valence-electron chi connectivity index (χ4n) is 4.01. The molecule has 2 aromatic carbocycles. The van der Waals surface area contributed by atoms with Crippen molar-refractivity contribution in [1.29, 1.82) is 0 Å². The highest BCUT2D eigenvalue weighted by molar-refractivity contribution is 5.80. The Labute approximate surface area is 161 Å². The number of nitrogens with zero attached hydrogens (tertiary/aromatic N) is 2. The monoisotopic (exact) mass is 389 g/mol. The van der Waals surface area contributed by atoms with E-state index in [1.807, 2.05) is 18.2 Å². The zero-order valence-corrected chi connectivity index (χ0v) is 15.5. The van der Waals surface area contributed by atoms with E-state index in [4.69, 9.17) is 4.98 Å². The van der Waals surface area contributed by atoms with Gasteiger partial charge < -0.3 is 14.6 Å². The summed E-state index contributed by atoms with van der Waals surface area (Å²) in [6.07, 6.45) is -0.0838. The van der Waals surface area contributed by atoms with Crippen LogP contribution in [0.4, 0.5) is 24.8 Å². The summed E-state index contributed by atoms with van der Waals surface area (Å²) in [4.78, 5) is 4.73. The number of ether oxygens (including phenoxy) is 1. The summed E-state index contributed by atoms with van der Waals surface area (Å²) in [6.45, 7) is 2.28. The second-order valence-electron chi connectivity index (χ2n) is 7.42. The van der Waals surface area contributed by atoms with Gasteiger partial charge in [-0.1, -0.05) is 31.9 Å². The number of para-hydroxylation sites is 2. The summed E-state index contributed by atoms with van der Waals surface area (Å²) < 4.78 is 43.2. The normalized spacial score (nSPS) is 20.3. The van der Waals surface area contributed by atoms with E-state index in [1.165, 1.54) is 25.0 Å². The molecule has 1 heterocycles. The summed E-state index contributed by atoms with van der Waals surface area (Å²) in [5.74, 6) is 1.13. The summed E-state index contributed by atoms with van der Waals surface area (Å²) >= 11 is 0. The van der Waals surface area contributed by atoms with Gasteiger partial charge in [-0.3, -0.25) is 0 Å². The first-order valence-electron chi connectivity index (χ1n) is 9.49. The first-order chi connectivity index (χ1) is 13.4. The lowest BCUT2D eigenvalue weighted by Crippen LogP contribution is -2.19. The Morgan fingerprint density at radius 3 is 2.54 bits per heavy atom. The lowest BCUT2D eigenvalue weighted by Gasteiger charge is -2.29. The fraction of sp³-hybridized carbons (Fsp3) is 0.381. The van der Waals surface area contributed by atoms with Gasteiger partial charge in [-0.15, -0.1) is 13.2 Å². The number of halogens is 3. The van der Waals surface area contributed by atoms with Crippen LogP contribution in [0.1, 0.15) is 38.6 Å². The van der Waals surface area contributed by atoms with E-state index in [-0.39, 0.29) is 5.75 Å². The second-order valence-corrected chi connectivity index (χ2v) is 7.42. The second kappa shape index (κ2) is 7.37. The van der Waals surface area contributed by atoms with Gasteiger partial charge in [0, 0.05) is 11.7 Å². The number of nitrogens with one attached hydrogen (secondary N) is 1. The van der Waals surface area contributed by atoms with Gasteiger partial charge in [-0.25, -0.2) is 4.98 Å². The maximum absolute atomic E-state index is 12.3. The van der Waals surface area contributed by atoms with E-state index >= 15 is 0 Å². The SMILES string of the molecule is C[C@H]1CCCC(n2c(Nc3ccc(OC(F)(F)F)cc3)nc3ccccc32)C1. The molecule has 0 saturated heterocycles. The molecule has 148 valence electrons. The molecule has 4 rings (SSSR count). The highest BCUT2D eigenvalue weighted by Crippen LogP contribution is 2.37. The topological polar surface area (TPSA) is 39.1 Å². The summed E-state index contributed by atoms with van der Waals surface area (Å²) in [6, 6.07) is 14.1. The Hall–Kier alpha value is -2.70. The third-order valence-corrected chi connectivity index (χ3v) is 5.21. The van der Waals surface area contributed by atoms with Crippen molar-refractivity contribution < 1.29 is 17.9 Å².